The Bertz CT molecular complexity index is 774. The molecule has 2 unspecified atom stereocenters. The lowest BCUT2D eigenvalue weighted by atomic mass is 9.62. The van der Waals surface area contributed by atoms with Gasteiger partial charge in [0.1, 0.15) is 0 Å². The lowest BCUT2D eigenvalue weighted by Gasteiger charge is -2.42. The van der Waals surface area contributed by atoms with Gasteiger partial charge in [-0.2, -0.15) is 0 Å². The molecule has 0 spiro atoms. The summed E-state index contributed by atoms with van der Waals surface area (Å²) < 4.78 is 12.3. The highest BCUT2D eigenvalue weighted by Gasteiger charge is 2.44. The molecule has 0 radical (unpaired) electrons. The quantitative estimate of drug-likeness (QED) is 0.667. The van der Waals surface area contributed by atoms with E-state index in [2.05, 4.69) is 46.8 Å². The van der Waals surface area contributed by atoms with Gasteiger partial charge in [0.25, 0.3) is 0 Å². The lowest BCUT2D eigenvalue weighted by Crippen LogP contribution is -2.35. The first-order valence-electron chi connectivity index (χ1n) is 10.2. The fourth-order valence-corrected chi connectivity index (χ4v) is 7.58. The maximum atomic E-state index is 13.4. The van der Waals surface area contributed by atoms with Crippen LogP contribution in [0.25, 0.3) is 0 Å². The SMILES string of the molecule is Cc1cc2c(cc1C(=O)C1CC3CCC(C1)S3=O)C(C)(C)CCC2(C)C. The standard InChI is InChI=1S/C23H32O2S/c1-14-10-19-20(23(4,5)9-8-22(19,2)3)13-18(14)21(24)15-11-16-6-7-17(12-15)26(16)25/h10,13,15-17H,6-9,11-12H2,1-5H3. The van der Waals surface area contributed by atoms with Crippen LogP contribution in [0.3, 0.4) is 0 Å². The monoisotopic (exact) mass is 372 g/mol. The molecular weight excluding hydrogens is 340 g/mol. The highest BCUT2D eigenvalue weighted by Crippen LogP contribution is 2.47. The topological polar surface area (TPSA) is 34.1 Å². The van der Waals surface area contributed by atoms with E-state index in [1.807, 2.05) is 0 Å². The van der Waals surface area contributed by atoms with Gasteiger partial charge in [-0.15, -0.1) is 0 Å². The summed E-state index contributed by atoms with van der Waals surface area (Å²) in [6, 6.07) is 4.51. The summed E-state index contributed by atoms with van der Waals surface area (Å²) in [5, 5.41) is 0.520. The van der Waals surface area contributed by atoms with Crippen LogP contribution in [0.5, 0.6) is 0 Å². The van der Waals surface area contributed by atoms with Gasteiger partial charge in [0, 0.05) is 32.8 Å². The van der Waals surface area contributed by atoms with Crippen molar-refractivity contribution in [1.82, 2.24) is 0 Å². The molecule has 4 rings (SSSR count). The maximum absolute atomic E-state index is 13.4. The summed E-state index contributed by atoms with van der Waals surface area (Å²) in [4.78, 5) is 13.4. The molecule has 1 aromatic carbocycles. The Morgan fingerprint density at radius 2 is 1.46 bits per heavy atom. The van der Waals surface area contributed by atoms with Gasteiger partial charge in [-0.3, -0.25) is 9.00 Å². The fourth-order valence-electron chi connectivity index (χ4n) is 5.45. The van der Waals surface area contributed by atoms with Crippen molar-refractivity contribution in [3.8, 4) is 0 Å². The third-order valence-corrected chi connectivity index (χ3v) is 9.57. The molecule has 1 aromatic rings. The Kier molecular flexibility index (Phi) is 4.26. The summed E-state index contributed by atoms with van der Waals surface area (Å²) in [6.45, 7) is 11.4. The number of hydrogen-bond acceptors (Lipinski definition) is 2. The lowest BCUT2D eigenvalue weighted by molar-refractivity contribution is 0.0905. The van der Waals surface area contributed by atoms with Crippen LogP contribution in [-0.2, 0) is 21.6 Å². The van der Waals surface area contributed by atoms with Gasteiger partial charge in [0.15, 0.2) is 5.78 Å². The molecule has 1 aliphatic carbocycles. The Morgan fingerprint density at radius 1 is 0.962 bits per heavy atom. The van der Waals surface area contributed by atoms with Crippen molar-refractivity contribution in [3.05, 3.63) is 34.4 Å². The number of rotatable bonds is 2. The maximum Gasteiger partial charge on any atom is 0.166 e. The number of ketones is 1. The Morgan fingerprint density at radius 3 is 2.00 bits per heavy atom. The minimum absolute atomic E-state index is 0.0710. The van der Waals surface area contributed by atoms with E-state index in [0.717, 1.165) is 43.2 Å². The molecule has 2 nitrogen and oxygen atoms in total. The highest BCUT2D eigenvalue weighted by atomic mass is 32.2. The minimum Gasteiger partial charge on any atom is -0.294 e. The van der Waals surface area contributed by atoms with Crippen molar-refractivity contribution in [2.24, 2.45) is 5.92 Å². The number of carbonyl (C=O) groups excluding carboxylic acids is 1. The first-order valence-corrected chi connectivity index (χ1v) is 11.5. The zero-order chi connectivity index (χ0) is 18.9. The van der Waals surface area contributed by atoms with Crippen LogP contribution in [0.1, 0.15) is 93.3 Å². The number of aryl methyl sites for hydroxylation is 1. The van der Waals surface area contributed by atoms with Crippen LogP contribution in [0, 0.1) is 12.8 Å². The van der Waals surface area contributed by atoms with E-state index in [-0.39, 0.29) is 27.2 Å². The zero-order valence-electron chi connectivity index (χ0n) is 16.9. The van der Waals surface area contributed by atoms with E-state index in [0.29, 0.717) is 5.78 Å². The van der Waals surface area contributed by atoms with E-state index in [9.17, 15) is 9.00 Å². The van der Waals surface area contributed by atoms with Crippen LogP contribution < -0.4 is 0 Å². The molecule has 142 valence electrons. The van der Waals surface area contributed by atoms with Crippen LogP contribution in [0.15, 0.2) is 12.1 Å². The Hall–Kier alpha value is -0.960. The number of benzene rings is 1. The molecule has 2 saturated heterocycles. The predicted octanol–water partition coefficient (Wildman–Crippen LogP) is 5.22. The molecule has 2 heterocycles. The second kappa shape index (κ2) is 6.02. The van der Waals surface area contributed by atoms with E-state index in [1.54, 1.807) is 0 Å². The fraction of sp³-hybridized carbons (Fsp3) is 0.696. The Balaban J connectivity index is 1.72. The average Bonchev–Trinajstić information content (AvgIpc) is 2.79. The summed E-state index contributed by atoms with van der Waals surface area (Å²) in [5.41, 5.74) is 5.14. The zero-order valence-corrected chi connectivity index (χ0v) is 17.7. The number of carbonyl (C=O) groups is 1. The molecule has 26 heavy (non-hydrogen) atoms. The molecule has 3 aliphatic rings. The van der Waals surface area contributed by atoms with Gasteiger partial charge in [-0.05, 0) is 79.0 Å². The van der Waals surface area contributed by atoms with Crippen molar-refractivity contribution in [2.45, 2.75) is 94.5 Å². The largest absolute Gasteiger partial charge is 0.294 e. The summed E-state index contributed by atoms with van der Waals surface area (Å²) in [7, 11) is -0.695. The van der Waals surface area contributed by atoms with Crippen LogP contribution in [0.2, 0.25) is 0 Å². The third-order valence-electron chi connectivity index (χ3n) is 7.40. The number of hydrogen-bond donors (Lipinski definition) is 0. The van der Waals surface area contributed by atoms with Gasteiger partial charge in [-0.25, -0.2) is 0 Å². The van der Waals surface area contributed by atoms with Gasteiger partial charge < -0.3 is 0 Å². The first-order chi connectivity index (χ1) is 12.1. The van der Waals surface area contributed by atoms with Crippen LogP contribution in [0.4, 0.5) is 0 Å². The Labute approximate surface area is 160 Å². The minimum atomic E-state index is -0.695. The average molecular weight is 373 g/mol. The molecule has 2 atom stereocenters. The van der Waals surface area contributed by atoms with Gasteiger partial charge in [-0.1, -0.05) is 33.8 Å². The summed E-state index contributed by atoms with van der Waals surface area (Å²) >= 11 is 0. The van der Waals surface area contributed by atoms with Gasteiger partial charge in [0.05, 0.1) is 0 Å². The van der Waals surface area contributed by atoms with E-state index in [4.69, 9.17) is 0 Å². The van der Waals surface area contributed by atoms with E-state index >= 15 is 0 Å². The summed E-state index contributed by atoms with van der Waals surface area (Å²) in [5.74, 6) is 0.375. The number of fused-ring (bicyclic) bond motifs is 3. The normalized spacial score (nSPS) is 34.3. The molecule has 2 fully saturated rings. The number of Topliss-reactive ketones (excluding diaryl/α,β-unsaturated/α-hetero) is 1. The molecule has 0 aromatic heterocycles. The van der Waals surface area contributed by atoms with Gasteiger partial charge in [0.2, 0.25) is 0 Å². The molecule has 2 bridgehead atoms. The molecule has 0 N–H and O–H groups in total. The first kappa shape index (κ1) is 18.4. The molecule has 0 saturated carbocycles. The van der Waals surface area contributed by atoms with Crippen LogP contribution in [-0.4, -0.2) is 20.5 Å². The van der Waals surface area contributed by atoms with E-state index < -0.39 is 10.8 Å². The highest BCUT2D eigenvalue weighted by molar-refractivity contribution is 7.86. The van der Waals surface area contributed by atoms with E-state index in [1.165, 1.54) is 17.5 Å². The molecule has 0 amide bonds. The second-order valence-electron chi connectivity index (χ2n) is 10.2. The van der Waals surface area contributed by atoms with Crippen molar-refractivity contribution in [1.29, 1.82) is 0 Å². The predicted molar refractivity (Wildman–Crippen MR) is 108 cm³/mol. The third kappa shape index (κ3) is 2.82. The molecular formula is C23H32O2S. The van der Waals surface area contributed by atoms with Crippen LogP contribution >= 0.6 is 0 Å². The van der Waals surface area contributed by atoms with Gasteiger partial charge >= 0.3 is 0 Å². The van der Waals surface area contributed by atoms with Crippen molar-refractivity contribution in [2.75, 3.05) is 0 Å². The summed E-state index contributed by atoms with van der Waals surface area (Å²) in [6.07, 6.45) is 6.10. The smallest absolute Gasteiger partial charge is 0.166 e. The van der Waals surface area contributed by atoms with Crippen molar-refractivity contribution < 1.29 is 9.00 Å². The van der Waals surface area contributed by atoms with Crippen molar-refractivity contribution in [3.63, 3.8) is 0 Å². The second-order valence-corrected chi connectivity index (χ2v) is 12.2. The molecule has 3 heteroatoms. The molecule has 2 aliphatic heterocycles. The van der Waals surface area contributed by atoms with Crippen molar-refractivity contribution >= 4 is 16.6 Å².